The third kappa shape index (κ3) is 3.30. The fourth-order valence-corrected chi connectivity index (χ4v) is 2.28. The lowest BCUT2D eigenvalue weighted by molar-refractivity contribution is 0.0600. The minimum absolute atomic E-state index is 0.259. The molecule has 0 bridgehead atoms. The molecule has 0 aliphatic carbocycles. The van der Waals surface area contributed by atoms with E-state index in [1.54, 1.807) is 6.07 Å². The minimum Gasteiger partial charge on any atom is -0.465 e. The Hall–Kier alpha value is -1.35. The van der Waals surface area contributed by atoms with E-state index in [9.17, 15) is 4.79 Å². The van der Waals surface area contributed by atoms with Crippen molar-refractivity contribution >= 4 is 5.97 Å². The van der Waals surface area contributed by atoms with Crippen molar-refractivity contribution < 1.29 is 9.53 Å². The molecule has 0 spiro atoms. The lowest BCUT2D eigenvalue weighted by Gasteiger charge is -2.21. The number of methoxy groups -OCH3 is 1. The molecule has 1 aliphatic rings. The maximum Gasteiger partial charge on any atom is 0.337 e. The van der Waals surface area contributed by atoms with Gasteiger partial charge in [0.2, 0.25) is 0 Å². The summed E-state index contributed by atoms with van der Waals surface area (Å²) in [6.45, 7) is 1.97. The second-order valence-electron chi connectivity index (χ2n) is 4.51. The molecule has 1 aromatic rings. The highest BCUT2D eigenvalue weighted by Crippen LogP contribution is 2.19. The van der Waals surface area contributed by atoms with Gasteiger partial charge in [0.25, 0.3) is 0 Å². The fourth-order valence-electron chi connectivity index (χ4n) is 2.28. The van der Waals surface area contributed by atoms with Crippen LogP contribution in [-0.2, 0) is 11.2 Å². The van der Waals surface area contributed by atoms with Gasteiger partial charge in [0.15, 0.2) is 0 Å². The monoisotopic (exact) mass is 232 g/mol. The number of benzene rings is 1. The van der Waals surface area contributed by atoms with E-state index in [4.69, 9.17) is 4.74 Å². The maximum absolute atomic E-state index is 11.4. The number of ether oxygens (including phenoxy) is 1. The van der Waals surface area contributed by atoms with Gasteiger partial charge in [-0.1, -0.05) is 12.1 Å². The van der Waals surface area contributed by atoms with Gasteiger partial charge in [0.05, 0.1) is 12.7 Å². The number of hydrogen-bond acceptors (Lipinski definition) is 2. The van der Waals surface area contributed by atoms with E-state index in [-0.39, 0.29) is 5.97 Å². The number of rotatable bonds is 3. The van der Waals surface area contributed by atoms with Gasteiger partial charge in [-0.25, -0.2) is 10.1 Å². The molecule has 1 aliphatic heterocycles. The van der Waals surface area contributed by atoms with Gasteiger partial charge in [-0.2, -0.15) is 0 Å². The summed E-state index contributed by atoms with van der Waals surface area (Å²) in [5.41, 5.74) is 1.87. The van der Waals surface area contributed by atoms with E-state index in [1.807, 2.05) is 12.1 Å². The number of piperidine rings is 1. The van der Waals surface area contributed by atoms with Crippen molar-refractivity contribution in [1.82, 2.24) is 5.32 Å². The number of esters is 1. The molecule has 0 N–H and O–H groups in total. The number of nitrogens with zero attached hydrogens (tertiary/aromatic N) is 1. The Bertz CT molecular complexity index is 384. The van der Waals surface area contributed by atoms with Crippen LogP contribution < -0.4 is 5.32 Å². The summed E-state index contributed by atoms with van der Waals surface area (Å²) in [6, 6.07) is 7.75. The molecule has 0 atom stereocenters. The van der Waals surface area contributed by atoms with Crippen LogP contribution in [0.2, 0.25) is 0 Å². The first-order chi connectivity index (χ1) is 8.29. The molecule has 0 amide bonds. The maximum atomic E-state index is 11.4. The highest BCUT2D eigenvalue weighted by atomic mass is 16.5. The summed E-state index contributed by atoms with van der Waals surface area (Å²) >= 11 is 0. The smallest absolute Gasteiger partial charge is 0.337 e. The van der Waals surface area contributed by atoms with E-state index < -0.39 is 0 Å². The van der Waals surface area contributed by atoms with Crippen molar-refractivity contribution in [3.8, 4) is 0 Å². The summed E-state index contributed by atoms with van der Waals surface area (Å²) in [7, 11) is 1.41. The first-order valence-electron chi connectivity index (χ1n) is 6.10. The number of carbonyl (C=O) groups is 1. The minimum atomic E-state index is -0.259. The van der Waals surface area contributed by atoms with Gasteiger partial charge in [-0.15, -0.1) is 0 Å². The highest BCUT2D eigenvalue weighted by molar-refractivity contribution is 5.89. The Balaban J connectivity index is 2.02. The van der Waals surface area contributed by atoms with Gasteiger partial charge in [0, 0.05) is 13.1 Å². The summed E-state index contributed by atoms with van der Waals surface area (Å²) in [4.78, 5) is 11.4. The number of hydrogen-bond donors (Lipinski definition) is 0. The Morgan fingerprint density at radius 1 is 1.41 bits per heavy atom. The van der Waals surface area contributed by atoms with Gasteiger partial charge < -0.3 is 4.74 Å². The van der Waals surface area contributed by atoms with Gasteiger partial charge in [0.1, 0.15) is 0 Å². The summed E-state index contributed by atoms with van der Waals surface area (Å²) < 4.78 is 4.73. The van der Waals surface area contributed by atoms with Gasteiger partial charge >= 0.3 is 5.97 Å². The molecule has 1 aromatic carbocycles. The third-order valence-electron chi connectivity index (χ3n) is 3.26. The molecule has 1 heterocycles. The molecule has 3 nitrogen and oxygen atoms in total. The molecule has 17 heavy (non-hydrogen) atoms. The predicted octanol–water partition coefficient (Wildman–Crippen LogP) is 2.03. The normalized spacial score (nSPS) is 16.8. The first kappa shape index (κ1) is 12.1. The summed E-state index contributed by atoms with van der Waals surface area (Å²) in [5.74, 6) is 0.450. The van der Waals surface area contributed by atoms with Crippen LogP contribution in [0.15, 0.2) is 24.3 Å². The Labute approximate surface area is 102 Å². The molecule has 3 heteroatoms. The van der Waals surface area contributed by atoms with E-state index in [2.05, 4.69) is 11.4 Å². The molecule has 1 fully saturated rings. The van der Waals surface area contributed by atoms with E-state index in [1.165, 1.54) is 25.5 Å². The van der Waals surface area contributed by atoms with Crippen molar-refractivity contribution in [2.24, 2.45) is 5.92 Å². The predicted molar refractivity (Wildman–Crippen MR) is 66.1 cm³/mol. The zero-order chi connectivity index (χ0) is 12.1. The van der Waals surface area contributed by atoms with Crippen LogP contribution in [0.5, 0.6) is 0 Å². The SMILES string of the molecule is COC(=O)c1cccc(CC2CC[N]CC2)c1. The van der Waals surface area contributed by atoms with Crippen LogP contribution in [0.4, 0.5) is 0 Å². The van der Waals surface area contributed by atoms with Gasteiger partial charge in [-0.3, -0.25) is 0 Å². The van der Waals surface area contributed by atoms with E-state index in [0.717, 1.165) is 19.5 Å². The fraction of sp³-hybridized carbons (Fsp3) is 0.500. The second kappa shape index (κ2) is 5.82. The number of carbonyl (C=O) groups excluding carboxylic acids is 1. The zero-order valence-electron chi connectivity index (χ0n) is 10.2. The van der Waals surface area contributed by atoms with E-state index >= 15 is 0 Å². The molecular formula is C14H18NO2. The molecule has 0 unspecified atom stereocenters. The molecule has 2 rings (SSSR count). The molecule has 0 saturated carbocycles. The Kier molecular flexibility index (Phi) is 4.15. The molecule has 0 aromatic heterocycles. The van der Waals surface area contributed by atoms with Crippen LogP contribution in [0.25, 0.3) is 0 Å². The molecular weight excluding hydrogens is 214 g/mol. The highest BCUT2D eigenvalue weighted by Gasteiger charge is 2.15. The average Bonchev–Trinajstić information content (AvgIpc) is 2.39. The Morgan fingerprint density at radius 2 is 2.18 bits per heavy atom. The standard InChI is InChI=1S/C14H18NO2/c1-17-14(16)13-4-2-3-12(10-13)9-11-5-7-15-8-6-11/h2-4,10-11H,5-9H2,1H3. The second-order valence-corrected chi connectivity index (χ2v) is 4.51. The van der Waals surface area contributed by atoms with Crippen molar-refractivity contribution in [3.05, 3.63) is 35.4 Å². The molecule has 1 radical (unpaired) electrons. The van der Waals surface area contributed by atoms with Crippen LogP contribution in [-0.4, -0.2) is 26.2 Å². The largest absolute Gasteiger partial charge is 0.465 e. The summed E-state index contributed by atoms with van der Waals surface area (Å²) in [5, 5.41) is 4.35. The topological polar surface area (TPSA) is 40.4 Å². The zero-order valence-corrected chi connectivity index (χ0v) is 10.2. The van der Waals surface area contributed by atoms with Crippen molar-refractivity contribution in [2.45, 2.75) is 19.3 Å². The van der Waals surface area contributed by atoms with E-state index in [0.29, 0.717) is 11.5 Å². The van der Waals surface area contributed by atoms with Crippen LogP contribution in [0.3, 0.4) is 0 Å². The molecule has 91 valence electrons. The van der Waals surface area contributed by atoms with Crippen LogP contribution >= 0.6 is 0 Å². The Morgan fingerprint density at radius 3 is 2.88 bits per heavy atom. The summed E-state index contributed by atoms with van der Waals surface area (Å²) in [6.07, 6.45) is 3.38. The average molecular weight is 232 g/mol. The first-order valence-corrected chi connectivity index (χ1v) is 6.10. The lowest BCUT2D eigenvalue weighted by Crippen LogP contribution is -2.23. The van der Waals surface area contributed by atoms with Gasteiger partial charge in [-0.05, 0) is 42.9 Å². The third-order valence-corrected chi connectivity index (χ3v) is 3.26. The van der Waals surface area contributed by atoms with Crippen molar-refractivity contribution in [1.29, 1.82) is 0 Å². The van der Waals surface area contributed by atoms with Crippen LogP contribution in [0.1, 0.15) is 28.8 Å². The quantitative estimate of drug-likeness (QED) is 0.748. The van der Waals surface area contributed by atoms with Crippen molar-refractivity contribution in [3.63, 3.8) is 0 Å². The lowest BCUT2D eigenvalue weighted by atomic mass is 9.90. The van der Waals surface area contributed by atoms with Crippen molar-refractivity contribution in [2.75, 3.05) is 20.2 Å². The molecule has 1 saturated heterocycles. The van der Waals surface area contributed by atoms with Crippen LogP contribution in [0, 0.1) is 5.92 Å².